The highest BCUT2D eigenvalue weighted by Gasteiger charge is 2.05. The highest BCUT2D eigenvalue weighted by atomic mass is 35.5. The Morgan fingerprint density at radius 1 is 1.44 bits per heavy atom. The van der Waals surface area contributed by atoms with Gasteiger partial charge >= 0.3 is 0 Å². The van der Waals surface area contributed by atoms with Crippen LogP contribution in [-0.2, 0) is 4.74 Å². The Bertz CT molecular complexity index is 307. The second-order valence-electron chi connectivity index (χ2n) is 3.41. The average Bonchev–Trinajstić information content (AvgIpc) is 2.28. The van der Waals surface area contributed by atoms with Gasteiger partial charge in [-0.25, -0.2) is 0 Å². The van der Waals surface area contributed by atoms with E-state index < -0.39 is 0 Å². The summed E-state index contributed by atoms with van der Waals surface area (Å²) in [6.45, 7) is 3.74. The molecule has 16 heavy (non-hydrogen) atoms. The van der Waals surface area contributed by atoms with Crippen LogP contribution in [0.25, 0.3) is 0 Å². The predicted molar refractivity (Wildman–Crippen MR) is 66.0 cm³/mol. The van der Waals surface area contributed by atoms with Gasteiger partial charge in [0.25, 0.3) is 0 Å². The molecule has 0 saturated heterocycles. The van der Waals surface area contributed by atoms with Gasteiger partial charge in [-0.2, -0.15) is 0 Å². The van der Waals surface area contributed by atoms with Crippen molar-refractivity contribution < 1.29 is 9.47 Å². The fourth-order valence-corrected chi connectivity index (χ4v) is 1.55. The van der Waals surface area contributed by atoms with E-state index in [1.165, 1.54) is 0 Å². The molecule has 1 atom stereocenters. The van der Waals surface area contributed by atoms with Gasteiger partial charge in [0.15, 0.2) is 0 Å². The molecule has 1 rings (SSSR count). The first-order valence-electron chi connectivity index (χ1n) is 5.46. The van der Waals surface area contributed by atoms with E-state index in [2.05, 4.69) is 0 Å². The van der Waals surface area contributed by atoms with Crippen molar-refractivity contribution in [3.05, 3.63) is 29.3 Å². The van der Waals surface area contributed by atoms with E-state index in [-0.39, 0.29) is 6.10 Å². The number of rotatable bonds is 7. The molecule has 0 aliphatic rings. The van der Waals surface area contributed by atoms with Gasteiger partial charge in [-0.05, 0) is 25.1 Å². The number of hydrogen-bond acceptors (Lipinski definition) is 3. The molecular formula is C12H18ClNO2. The van der Waals surface area contributed by atoms with Crippen LogP contribution >= 0.6 is 11.6 Å². The lowest BCUT2D eigenvalue weighted by atomic mass is 10.2. The number of ether oxygens (including phenoxy) is 2. The van der Waals surface area contributed by atoms with E-state index >= 15 is 0 Å². The van der Waals surface area contributed by atoms with E-state index in [0.717, 1.165) is 12.2 Å². The van der Waals surface area contributed by atoms with Gasteiger partial charge in [0, 0.05) is 24.6 Å². The summed E-state index contributed by atoms with van der Waals surface area (Å²) in [5.41, 5.74) is 5.56. The summed E-state index contributed by atoms with van der Waals surface area (Å²) in [6.07, 6.45) is 0.862. The second kappa shape index (κ2) is 7.49. The zero-order chi connectivity index (χ0) is 11.8. The summed E-state index contributed by atoms with van der Waals surface area (Å²) in [5.74, 6) is 0.778. The highest BCUT2D eigenvalue weighted by Crippen LogP contribution is 2.17. The zero-order valence-corrected chi connectivity index (χ0v) is 10.2. The maximum atomic E-state index is 5.84. The SMILES string of the molecule is CCOC(CN)CCOc1cccc(Cl)c1. The van der Waals surface area contributed by atoms with Crippen molar-refractivity contribution in [3.63, 3.8) is 0 Å². The Morgan fingerprint density at radius 3 is 2.88 bits per heavy atom. The molecule has 90 valence electrons. The van der Waals surface area contributed by atoms with Crippen LogP contribution in [-0.4, -0.2) is 25.9 Å². The maximum absolute atomic E-state index is 5.84. The minimum atomic E-state index is 0.0733. The minimum absolute atomic E-state index is 0.0733. The van der Waals surface area contributed by atoms with Crippen molar-refractivity contribution >= 4 is 11.6 Å². The van der Waals surface area contributed by atoms with Crippen LogP contribution in [0.1, 0.15) is 13.3 Å². The predicted octanol–water partition coefficient (Wildman–Crippen LogP) is 2.47. The van der Waals surface area contributed by atoms with Gasteiger partial charge in [0.2, 0.25) is 0 Å². The van der Waals surface area contributed by atoms with Crippen LogP contribution in [0, 0.1) is 0 Å². The quantitative estimate of drug-likeness (QED) is 0.800. The van der Waals surface area contributed by atoms with Crippen molar-refractivity contribution in [2.45, 2.75) is 19.4 Å². The molecule has 0 fully saturated rings. The van der Waals surface area contributed by atoms with Crippen LogP contribution in [0.3, 0.4) is 0 Å². The van der Waals surface area contributed by atoms with E-state index in [9.17, 15) is 0 Å². The lowest BCUT2D eigenvalue weighted by Crippen LogP contribution is -2.25. The maximum Gasteiger partial charge on any atom is 0.120 e. The van der Waals surface area contributed by atoms with Gasteiger partial charge in [-0.1, -0.05) is 17.7 Å². The first kappa shape index (κ1) is 13.3. The molecule has 1 unspecified atom stereocenters. The normalized spacial score (nSPS) is 12.4. The van der Waals surface area contributed by atoms with Crippen molar-refractivity contribution in [2.75, 3.05) is 19.8 Å². The number of halogens is 1. The van der Waals surface area contributed by atoms with Gasteiger partial charge in [0.05, 0.1) is 12.7 Å². The molecule has 0 amide bonds. The summed E-state index contributed by atoms with van der Waals surface area (Å²) < 4.78 is 11.0. The van der Waals surface area contributed by atoms with Crippen LogP contribution in [0.2, 0.25) is 5.02 Å². The van der Waals surface area contributed by atoms with Crippen LogP contribution in [0.15, 0.2) is 24.3 Å². The largest absolute Gasteiger partial charge is 0.493 e. The molecule has 1 aromatic carbocycles. The standard InChI is InChI=1S/C12H18ClNO2/c1-2-15-12(9-14)6-7-16-11-5-3-4-10(13)8-11/h3-5,8,12H,2,6-7,9,14H2,1H3. The molecule has 0 aromatic heterocycles. The molecule has 2 N–H and O–H groups in total. The van der Waals surface area contributed by atoms with Crippen molar-refractivity contribution in [1.82, 2.24) is 0 Å². The summed E-state index contributed by atoms with van der Waals surface area (Å²) in [6, 6.07) is 7.35. The molecule has 0 spiro atoms. The summed E-state index contributed by atoms with van der Waals surface area (Å²) in [4.78, 5) is 0. The Morgan fingerprint density at radius 2 is 2.25 bits per heavy atom. The number of hydrogen-bond donors (Lipinski definition) is 1. The fraction of sp³-hybridized carbons (Fsp3) is 0.500. The Balaban J connectivity index is 2.29. The third-order valence-corrected chi connectivity index (χ3v) is 2.40. The average molecular weight is 244 g/mol. The van der Waals surface area contributed by atoms with E-state index in [4.69, 9.17) is 26.8 Å². The number of benzene rings is 1. The smallest absolute Gasteiger partial charge is 0.120 e. The van der Waals surface area contributed by atoms with Gasteiger partial charge < -0.3 is 15.2 Å². The first-order valence-corrected chi connectivity index (χ1v) is 5.84. The summed E-state index contributed by atoms with van der Waals surface area (Å²) in [7, 11) is 0. The first-order chi connectivity index (χ1) is 7.76. The molecule has 0 heterocycles. The lowest BCUT2D eigenvalue weighted by molar-refractivity contribution is 0.0527. The van der Waals surface area contributed by atoms with E-state index in [1.807, 2.05) is 25.1 Å². The monoisotopic (exact) mass is 243 g/mol. The molecule has 0 radical (unpaired) electrons. The zero-order valence-electron chi connectivity index (χ0n) is 9.49. The fourth-order valence-electron chi connectivity index (χ4n) is 1.37. The van der Waals surface area contributed by atoms with Crippen molar-refractivity contribution in [3.8, 4) is 5.75 Å². The van der Waals surface area contributed by atoms with Crippen molar-refractivity contribution in [1.29, 1.82) is 0 Å². The highest BCUT2D eigenvalue weighted by molar-refractivity contribution is 6.30. The molecular weight excluding hydrogens is 226 g/mol. The van der Waals surface area contributed by atoms with Gasteiger partial charge in [0.1, 0.15) is 5.75 Å². The van der Waals surface area contributed by atoms with Crippen LogP contribution < -0.4 is 10.5 Å². The minimum Gasteiger partial charge on any atom is -0.493 e. The molecule has 0 bridgehead atoms. The molecule has 0 aliphatic carbocycles. The van der Waals surface area contributed by atoms with Crippen LogP contribution in [0.4, 0.5) is 0 Å². The summed E-state index contributed by atoms with van der Waals surface area (Å²) in [5, 5.41) is 0.678. The van der Waals surface area contributed by atoms with Crippen LogP contribution in [0.5, 0.6) is 5.75 Å². The lowest BCUT2D eigenvalue weighted by Gasteiger charge is -2.15. The molecule has 1 aromatic rings. The third kappa shape index (κ3) is 4.84. The molecule has 0 saturated carbocycles. The Labute approximate surface area is 101 Å². The topological polar surface area (TPSA) is 44.5 Å². The van der Waals surface area contributed by atoms with E-state index in [0.29, 0.717) is 24.8 Å². The van der Waals surface area contributed by atoms with Gasteiger partial charge in [-0.15, -0.1) is 0 Å². The van der Waals surface area contributed by atoms with Gasteiger partial charge in [-0.3, -0.25) is 0 Å². The third-order valence-electron chi connectivity index (χ3n) is 2.17. The van der Waals surface area contributed by atoms with Crippen molar-refractivity contribution in [2.24, 2.45) is 5.73 Å². The Kier molecular flexibility index (Phi) is 6.23. The number of nitrogens with two attached hydrogens (primary N) is 1. The van der Waals surface area contributed by atoms with E-state index in [1.54, 1.807) is 6.07 Å². The molecule has 0 aliphatic heterocycles. The molecule has 4 heteroatoms. The summed E-state index contributed by atoms with van der Waals surface area (Å²) >= 11 is 5.84. The second-order valence-corrected chi connectivity index (χ2v) is 3.84. The Hall–Kier alpha value is -0.770. The molecule has 3 nitrogen and oxygen atoms in total.